The zero-order valence-electron chi connectivity index (χ0n) is 18.7. The number of benzene rings is 2. The number of fused-ring (bicyclic) bond motifs is 1. The lowest BCUT2D eigenvalue weighted by molar-refractivity contribution is 0.0167. The summed E-state index contributed by atoms with van der Waals surface area (Å²) in [6.45, 7) is 7.92. The third kappa shape index (κ3) is 4.38. The molecule has 1 aliphatic rings. The molecule has 32 heavy (non-hydrogen) atoms. The van der Waals surface area contributed by atoms with Crippen molar-refractivity contribution >= 4 is 22.3 Å². The lowest BCUT2D eigenvalue weighted by atomic mass is 9.94. The first kappa shape index (κ1) is 22.4. The number of rotatable bonds is 6. The van der Waals surface area contributed by atoms with E-state index in [1.807, 2.05) is 19.1 Å². The monoisotopic (exact) mass is 441 g/mol. The minimum Gasteiger partial charge on any atom is -0.378 e. The summed E-state index contributed by atoms with van der Waals surface area (Å²) in [4.78, 5) is 2.27. The first-order valence-electron chi connectivity index (χ1n) is 10.9. The topological polar surface area (TPSA) is 76.3 Å². The number of ether oxygens (including phenoxy) is 1. The van der Waals surface area contributed by atoms with Crippen molar-refractivity contribution in [3.8, 4) is 0 Å². The third-order valence-electron chi connectivity index (χ3n) is 6.08. The Morgan fingerprint density at radius 1 is 1.16 bits per heavy atom. The molecule has 0 saturated carbocycles. The maximum absolute atomic E-state index is 14.0. The van der Waals surface area contributed by atoms with Gasteiger partial charge in [-0.15, -0.1) is 5.10 Å². The Morgan fingerprint density at radius 3 is 2.59 bits per heavy atom. The largest absolute Gasteiger partial charge is 0.378 e. The van der Waals surface area contributed by atoms with Crippen LogP contribution in [0.15, 0.2) is 36.4 Å². The number of anilines is 2. The van der Waals surface area contributed by atoms with E-state index in [0.29, 0.717) is 24.6 Å². The van der Waals surface area contributed by atoms with Gasteiger partial charge in [0.05, 0.1) is 24.9 Å². The van der Waals surface area contributed by atoms with Gasteiger partial charge in [-0.05, 0) is 37.1 Å². The van der Waals surface area contributed by atoms with Gasteiger partial charge in [0.15, 0.2) is 5.82 Å². The molecule has 8 heteroatoms. The highest BCUT2D eigenvalue weighted by atomic mass is 19.3. The molecule has 1 aliphatic heterocycles. The van der Waals surface area contributed by atoms with Gasteiger partial charge in [-0.25, -0.2) is 8.78 Å². The number of nitrogens with one attached hydrogen (secondary N) is 1. The minimum absolute atomic E-state index is 0.0349. The van der Waals surface area contributed by atoms with Gasteiger partial charge < -0.3 is 20.7 Å². The molecule has 1 aromatic heterocycles. The molecular weight excluding hydrogens is 412 g/mol. The fourth-order valence-corrected chi connectivity index (χ4v) is 4.35. The van der Waals surface area contributed by atoms with Gasteiger partial charge in [0.2, 0.25) is 0 Å². The van der Waals surface area contributed by atoms with Crippen LogP contribution in [0.1, 0.15) is 42.3 Å². The van der Waals surface area contributed by atoms with E-state index < -0.39 is 5.92 Å². The van der Waals surface area contributed by atoms with Crippen LogP contribution in [-0.4, -0.2) is 36.5 Å². The van der Waals surface area contributed by atoms with Gasteiger partial charge in [-0.2, -0.15) is 5.10 Å². The van der Waals surface area contributed by atoms with Gasteiger partial charge in [-0.3, -0.25) is 0 Å². The summed E-state index contributed by atoms with van der Waals surface area (Å²) in [6.07, 6.45) is 0. The van der Waals surface area contributed by atoms with Gasteiger partial charge in [0, 0.05) is 48.6 Å². The van der Waals surface area contributed by atoms with Crippen molar-refractivity contribution in [3.05, 3.63) is 58.8 Å². The summed E-state index contributed by atoms with van der Waals surface area (Å²) < 4.78 is 33.5. The Labute approximate surface area is 186 Å². The highest BCUT2D eigenvalue weighted by molar-refractivity contribution is 5.95. The van der Waals surface area contributed by atoms with E-state index in [9.17, 15) is 8.78 Å². The second-order valence-electron chi connectivity index (χ2n) is 8.30. The van der Waals surface area contributed by atoms with Crippen LogP contribution in [0.4, 0.5) is 20.3 Å². The van der Waals surface area contributed by atoms with E-state index >= 15 is 0 Å². The molecule has 1 atom stereocenters. The van der Waals surface area contributed by atoms with Crippen molar-refractivity contribution in [2.45, 2.75) is 39.3 Å². The first-order chi connectivity index (χ1) is 15.3. The van der Waals surface area contributed by atoms with Crippen LogP contribution >= 0.6 is 0 Å². The van der Waals surface area contributed by atoms with Crippen molar-refractivity contribution in [1.82, 2.24) is 10.2 Å². The predicted octanol–water partition coefficient (Wildman–Crippen LogP) is 4.52. The summed E-state index contributed by atoms with van der Waals surface area (Å²) in [6, 6.07) is 11.0. The second-order valence-corrected chi connectivity index (χ2v) is 8.30. The van der Waals surface area contributed by atoms with Crippen LogP contribution in [0.5, 0.6) is 0 Å². The standard InChI is InChI=1S/C24H29F2N5O/c1-15-18(5-4-6-21(15)24(3,25)26)16(2)28-23-20-13-17(31-9-11-32-12-10-31)7-8-19(20)22(14-27)29-30-23/h4-8,13,16H,9-12,14,27H2,1-3H3,(H,28,30)/t16-/m1/s1. The Bertz CT molecular complexity index is 1110. The fourth-order valence-electron chi connectivity index (χ4n) is 4.35. The van der Waals surface area contributed by atoms with Crippen molar-refractivity contribution < 1.29 is 13.5 Å². The lowest BCUT2D eigenvalue weighted by Gasteiger charge is -2.29. The van der Waals surface area contributed by atoms with E-state index in [2.05, 4.69) is 32.5 Å². The molecule has 1 fully saturated rings. The normalized spacial score (nSPS) is 15.8. The molecule has 2 heterocycles. The number of halogens is 2. The molecule has 6 nitrogen and oxygen atoms in total. The van der Waals surface area contributed by atoms with Gasteiger partial charge in [0.25, 0.3) is 5.92 Å². The fraction of sp³-hybridized carbons (Fsp3) is 0.417. The zero-order valence-corrected chi connectivity index (χ0v) is 18.7. The number of nitrogens with zero attached hydrogens (tertiary/aromatic N) is 3. The molecule has 0 amide bonds. The molecular formula is C24H29F2N5O. The SMILES string of the molecule is Cc1c([C@@H](C)Nc2nnc(CN)c3ccc(N4CCOCC4)cc23)cccc1C(C)(F)F. The molecule has 3 N–H and O–H groups in total. The molecule has 0 aliphatic carbocycles. The number of hydrogen-bond donors (Lipinski definition) is 2. The molecule has 1 saturated heterocycles. The highest BCUT2D eigenvalue weighted by Crippen LogP contribution is 2.35. The molecule has 4 rings (SSSR count). The minimum atomic E-state index is -2.90. The van der Waals surface area contributed by atoms with Crippen LogP contribution in [0.25, 0.3) is 10.8 Å². The van der Waals surface area contributed by atoms with Gasteiger partial charge in [0.1, 0.15) is 0 Å². The van der Waals surface area contributed by atoms with Crippen molar-refractivity contribution in [2.24, 2.45) is 5.73 Å². The Hall–Kier alpha value is -2.84. The van der Waals surface area contributed by atoms with Crippen LogP contribution in [-0.2, 0) is 17.2 Å². The quantitative estimate of drug-likeness (QED) is 0.586. The number of alkyl halides is 2. The predicted molar refractivity (Wildman–Crippen MR) is 123 cm³/mol. The zero-order chi connectivity index (χ0) is 22.9. The van der Waals surface area contributed by atoms with Crippen LogP contribution in [0, 0.1) is 6.92 Å². The Kier molecular flexibility index (Phi) is 6.26. The lowest BCUT2D eigenvalue weighted by Crippen LogP contribution is -2.36. The summed E-state index contributed by atoms with van der Waals surface area (Å²) in [5, 5.41) is 13.9. The number of nitrogens with two attached hydrogens (primary N) is 1. The highest BCUT2D eigenvalue weighted by Gasteiger charge is 2.28. The number of aromatic nitrogens is 2. The maximum atomic E-state index is 14.0. The first-order valence-corrected chi connectivity index (χ1v) is 10.9. The third-order valence-corrected chi connectivity index (χ3v) is 6.08. The number of hydrogen-bond acceptors (Lipinski definition) is 6. The Morgan fingerprint density at radius 2 is 1.91 bits per heavy atom. The van der Waals surface area contributed by atoms with E-state index in [1.165, 1.54) is 6.07 Å². The summed E-state index contributed by atoms with van der Waals surface area (Å²) >= 11 is 0. The van der Waals surface area contributed by atoms with E-state index in [4.69, 9.17) is 10.5 Å². The second kappa shape index (κ2) is 8.96. The smallest absolute Gasteiger partial charge is 0.270 e. The van der Waals surface area contributed by atoms with Crippen LogP contribution in [0.3, 0.4) is 0 Å². The molecule has 0 spiro atoms. The molecule has 3 aromatic rings. The molecule has 2 aromatic carbocycles. The van der Waals surface area contributed by atoms with Crippen molar-refractivity contribution in [3.63, 3.8) is 0 Å². The van der Waals surface area contributed by atoms with Crippen molar-refractivity contribution in [1.29, 1.82) is 0 Å². The van der Waals surface area contributed by atoms with E-state index in [-0.39, 0.29) is 18.2 Å². The van der Waals surface area contributed by atoms with Crippen LogP contribution in [0.2, 0.25) is 0 Å². The van der Waals surface area contributed by atoms with E-state index in [0.717, 1.165) is 47.7 Å². The molecule has 0 radical (unpaired) electrons. The van der Waals surface area contributed by atoms with Crippen LogP contribution < -0.4 is 16.0 Å². The molecule has 0 bridgehead atoms. The average molecular weight is 442 g/mol. The Balaban J connectivity index is 1.72. The van der Waals surface area contributed by atoms with Gasteiger partial charge >= 0.3 is 0 Å². The molecule has 0 unspecified atom stereocenters. The summed E-state index contributed by atoms with van der Waals surface area (Å²) in [5.74, 6) is -2.30. The average Bonchev–Trinajstić information content (AvgIpc) is 2.79. The summed E-state index contributed by atoms with van der Waals surface area (Å²) in [7, 11) is 0. The summed E-state index contributed by atoms with van der Waals surface area (Å²) in [5.41, 5.74) is 9.10. The van der Waals surface area contributed by atoms with Gasteiger partial charge in [-0.1, -0.05) is 24.3 Å². The maximum Gasteiger partial charge on any atom is 0.270 e. The van der Waals surface area contributed by atoms with Crippen molar-refractivity contribution in [2.75, 3.05) is 36.5 Å². The van der Waals surface area contributed by atoms with E-state index in [1.54, 1.807) is 13.0 Å². The molecule has 170 valence electrons. The number of morpholine rings is 1.